The molecule has 1 amide bonds. The predicted molar refractivity (Wildman–Crippen MR) is 138 cm³/mol. The highest BCUT2D eigenvalue weighted by Crippen LogP contribution is 2.10. The van der Waals surface area contributed by atoms with E-state index in [1.54, 1.807) is 6.08 Å². The molecule has 0 heterocycles. The molecule has 0 aromatic heterocycles. The molecular weight excluding hydrogens is 398 g/mol. The van der Waals surface area contributed by atoms with Gasteiger partial charge < -0.3 is 15.5 Å². The van der Waals surface area contributed by atoms with Crippen LogP contribution in [-0.4, -0.2) is 34.9 Å². The lowest BCUT2D eigenvalue weighted by atomic mass is 10.1. The fourth-order valence-corrected chi connectivity index (χ4v) is 3.78. The Kier molecular flexibility index (Phi) is 23.6. The summed E-state index contributed by atoms with van der Waals surface area (Å²) >= 11 is 0. The van der Waals surface area contributed by atoms with E-state index in [9.17, 15) is 15.0 Å². The number of rotatable bonds is 23. The lowest BCUT2D eigenvalue weighted by Gasteiger charge is -2.19. The zero-order chi connectivity index (χ0) is 23.7. The van der Waals surface area contributed by atoms with Crippen molar-refractivity contribution in [1.82, 2.24) is 5.32 Å². The van der Waals surface area contributed by atoms with E-state index >= 15 is 0 Å². The highest BCUT2D eigenvalue weighted by atomic mass is 16.3. The molecule has 0 bridgehead atoms. The molecule has 0 aliphatic rings. The molecule has 0 radical (unpaired) electrons. The first kappa shape index (κ1) is 30.9. The van der Waals surface area contributed by atoms with Gasteiger partial charge in [0.1, 0.15) is 0 Å². The summed E-state index contributed by atoms with van der Waals surface area (Å²) in [7, 11) is 0. The van der Waals surface area contributed by atoms with E-state index in [0.29, 0.717) is 6.42 Å². The minimum Gasteiger partial charge on any atom is -0.394 e. The SMILES string of the molecule is CCCCCCCC/C=C/CC/C=C/C(O)C(CO)NC(=O)CCCCCCCCCC. The van der Waals surface area contributed by atoms with Gasteiger partial charge in [0.15, 0.2) is 0 Å². The average molecular weight is 452 g/mol. The van der Waals surface area contributed by atoms with Gasteiger partial charge in [0.25, 0.3) is 0 Å². The van der Waals surface area contributed by atoms with Gasteiger partial charge in [0.05, 0.1) is 18.8 Å². The third-order valence-corrected chi connectivity index (χ3v) is 5.94. The van der Waals surface area contributed by atoms with Crippen molar-refractivity contribution in [2.75, 3.05) is 6.61 Å². The fraction of sp³-hybridized carbons (Fsp3) is 0.821. The summed E-state index contributed by atoms with van der Waals surface area (Å²) in [5.41, 5.74) is 0. The van der Waals surface area contributed by atoms with Gasteiger partial charge in [-0.15, -0.1) is 0 Å². The van der Waals surface area contributed by atoms with Crippen molar-refractivity contribution in [3.05, 3.63) is 24.3 Å². The summed E-state index contributed by atoms with van der Waals surface area (Å²) < 4.78 is 0. The second-order valence-corrected chi connectivity index (χ2v) is 9.11. The molecule has 0 aromatic carbocycles. The van der Waals surface area contributed by atoms with Crippen LogP contribution in [0.15, 0.2) is 24.3 Å². The van der Waals surface area contributed by atoms with Crippen LogP contribution < -0.4 is 5.32 Å². The van der Waals surface area contributed by atoms with Crippen LogP contribution in [0.4, 0.5) is 0 Å². The number of carbonyl (C=O) groups is 1. The summed E-state index contributed by atoms with van der Waals surface area (Å²) in [5, 5.41) is 22.6. The van der Waals surface area contributed by atoms with E-state index in [1.807, 2.05) is 6.08 Å². The average Bonchev–Trinajstić information content (AvgIpc) is 2.79. The van der Waals surface area contributed by atoms with Gasteiger partial charge in [-0.1, -0.05) is 115 Å². The topological polar surface area (TPSA) is 69.6 Å². The van der Waals surface area contributed by atoms with Gasteiger partial charge >= 0.3 is 0 Å². The number of allylic oxidation sites excluding steroid dienone is 3. The maximum Gasteiger partial charge on any atom is 0.220 e. The molecule has 0 rings (SSSR count). The minimum atomic E-state index is -0.852. The molecule has 0 fully saturated rings. The van der Waals surface area contributed by atoms with Crippen molar-refractivity contribution in [1.29, 1.82) is 0 Å². The van der Waals surface area contributed by atoms with Gasteiger partial charge in [-0.25, -0.2) is 0 Å². The second kappa shape index (κ2) is 24.5. The Labute approximate surface area is 199 Å². The molecule has 0 aliphatic carbocycles. The smallest absolute Gasteiger partial charge is 0.220 e. The summed E-state index contributed by atoms with van der Waals surface area (Å²) in [5.74, 6) is -0.0832. The van der Waals surface area contributed by atoms with Crippen LogP contribution in [0.5, 0.6) is 0 Å². The Morgan fingerprint density at radius 3 is 1.81 bits per heavy atom. The Morgan fingerprint density at radius 1 is 0.719 bits per heavy atom. The first-order valence-corrected chi connectivity index (χ1v) is 13.6. The van der Waals surface area contributed by atoms with Gasteiger partial charge in [-0.3, -0.25) is 4.79 Å². The molecule has 0 aromatic rings. The van der Waals surface area contributed by atoms with E-state index in [2.05, 4.69) is 31.3 Å². The third-order valence-electron chi connectivity index (χ3n) is 5.94. The van der Waals surface area contributed by atoms with Crippen LogP contribution in [0.1, 0.15) is 129 Å². The zero-order valence-corrected chi connectivity index (χ0v) is 21.2. The highest BCUT2D eigenvalue weighted by molar-refractivity contribution is 5.76. The number of amides is 1. The largest absolute Gasteiger partial charge is 0.394 e. The second-order valence-electron chi connectivity index (χ2n) is 9.11. The molecule has 32 heavy (non-hydrogen) atoms. The summed E-state index contributed by atoms with van der Waals surface area (Å²) in [6.07, 6.45) is 28.2. The predicted octanol–water partition coefficient (Wildman–Crippen LogP) is 7.00. The number of aliphatic hydroxyl groups excluding tert-OH is 2. The standard InChI is InChI=1S/C28H53NO3/c1-3-5-7-9-11-13-14-15-16-17-19-21-23-27(31)26(25-30)29-28(32)24-22-20-18-12-10-8-6-4-2/h15-16,21,23,26-27,30-31H,3-14,17-20,22,24-25H2,1-2H3,(H,29,32)/b16-15+,23-21+. The van der Waals surface area contributed by atoms with E-state index < -0.39 is 12.1 Å². The normalized spacial score (nSPS) is 13.8. The number of carbonyl (C=O) groups excluding carboxylic acids is 1. The van der Waals surface area contributed by atoms with Gasteiger partial charge in [-0.05, 0) is 32.1 Å². The maximum atomic E-state index is 12.1. The molecule has 0 saturated heterocycles. The van der Waals surface area contributed by atoms with E-state index in [0.717, 1.165) is 32.1 Å². The van der Waals surface area contributed by atoms with Crippen LogP contribution in [0.25, 0.3) is 0 Å². The summed E-state index contributed by atoms with van der Waals surface area (Å²) in [4.78, 5) is 12.1. The lowest BCUT2D eigenvalue weighted by molar-refractivity contribution is -0.123. The van der Waals surface area contributed by atoms with Crippen molar-refractivity contribution in [2.24, 2.45) is 0 Å². The van der Waals surface area contributed by atoms with Crippen LogP contribution in [0, 0.1) is 0 Å². The molecular formula is C28H53NO3. The molecule has 2 atom stereocenters. The van der Waals surface area contributed by atoms with Gasteiger partial charge in [-0.2, -0.15) is 0 Å². The van der Waals surface area contributed by atoms with Crippen molar-refractivity contribution in [3.63, 3.8) is 0 Å². The number of hydrogen-bond acceptors (Lipinski definition) is 3. The Morgan fingerprint density at radius 2 is 1.22 bits per heavy atom. The molecule has 188 valence electrons. The molecule has 0 spiro atoms. The number of aliphatic hydroxyl groups is 2. The van der Waals surface area contributed by atoms with E-state index in [1.165, 1.54) is 77.0 Å². The number of unbranched alkanes of at least 4 members (excludes halogenated alkanes) is 14. The number of nitrogens with one attached hydrogen (secondary N) is 1. The maximum absolute atomic E-state index is 12.1. The Bertz CT molecular complexity index is 462. The molecule has 0 aliphatic heterocycles. The highest BCUT2D eigenvalue weighted by Gasteiger charge is 2.17. The quantitative estimate of drug-likeness (QED) is 0.116. The van der Waals surface area contributed by atoms with Crippen molar-refractivity contribution < 1.29 is 15.0 Å². The van der Waals surface area contributed by atoms with Crippen molar-refractivity contribution >= 4 is 5.91 Å². The monoisotopic (exact) mass is 451 g/mol. The first-order chi connectivity index (χ1) is 15.7. The van der Waals surface area contributed by atoms with Crippen LogP contribution >= 0.6 is 0 Å². The van der Waals surface area contributed by atoms with E-state index in [-0.39, 0.29) is 12.5 Å². The summed E-state index contributed by atoms with van der Waals surface area (Å²) in [6, 6.07) is -0.629. The van der Waals surface area contributed by atoms with Crippen molar-refractivity contribution in [2.45, 2.75) is 142 Å². The Balaban J connectivity index is 3.80. The molecule has 2 unspecified atom stereocenters. The molecule has 0 saturated carbocycles. The van der Waals surface area contributed by atoms with Crippen LogP contribution in [-0.2, 0) is 4.79 Å². The van der Waals surface area contributed by atoms with Gasteiger partial charge in [0.2, 0.25) is 5.91 Å². The molecule has 4 nitrogen and oxygen atoms in total. The van der Waals surface area contributed by atoms with E-state index in [4.69, 9.17) is 0 Å². The van der Waals surface area contributed by atoms with Gasteiger partial charge in [0, 0.05) is 6.42 Å². The molecule has 3 N–H and O–H groups in total. The fourth-order valence-electron chi connectivity index (χ4n) is 3.78. The minimum absolute atomic E-state index is 0.0832. The third kappa shape index (κ3) is 20.8. The number of hydrogen-bond donors (Lipinski definition) is 3. The Hall–Kier alpha value is -1.13. The van der Waals surface area contributed by atoms with Crippen LogP contribution in [0.2, 0.25) is 0 Å². The zero-order valence-electron chi connectivity index (χ0n) is 21.2. The summed E-state index contributed by atoms with van der Waals surface area (Å²) in [6.45, 7) is 4.21. The van der Waals surface area contributed by atoms with Crippen molar-refractivity contribution in [3.8, 4) is 0 Å². The first-order valence-electron chi connectivity index (χ1n) is 13.6. The van der Waals surface area contributed by atoms with Crippen LogP contribution in [0.3, 0.4) is 0 Å². The molecule has 4 heteroatoms. The lowest BCUT2D eigenvalue weighted by Crippen LogP contribution is -2.45.